The highest BCUT2D eigenvalue weighted by Gasteiger charge is 2.57. The van der Waals surface area contributed by atoms with Gasteiger partial charge < -0.3 is 24.2 Å². The fraction of sp³-hybridized carbons (Fsp3) is 0.522. The number of halogens is 1. The molecule has 3 N–H and O–H groups in total. The van der Waals surface area contributed by atoms with Gasteiger partial charge in [0, 0.05) is 12.3 Å². The number of aliphatic hydroxyl groups excluding tert-OH is 1. The highest BCUT2D eigenvalue weighted by Crippen LogP contribution is 2.51. The van der Waals surface area contributed by atoms with Gasteiger partial charge >= 0.3 is 19.3 Å². The van der Waals surface area contributed by atoms with Crippen LogP contribution in [0.3, 0.4) is 0 Å². The first-order chi connectivity index (χ1) is 17.4. The largest absolute Gasteiger partial charge is 0.463 e. The molecule has 0 radical (unpaired) electrons. The molecule has 1 aromatic carbocycles. The van der Waals surface area contributed by atoms with Crippen molar-refractivity contribution >= 4 is 13.6 Å². The third-order valence-electron chi connectivity index (χ3n) is 5.59. The van der Waals surface area contributed by atoms with Crippen LogP contribution in [0.5, 0.6) is 5.75 Å². The third kappa shape index (κ3) is 6.74. The van der Waals surface area contributed by atoms with Crippen LogP contribution < -0.4 is 15.8 Å². The number of hydrogen-bond donors (Lipinski definition) is 3. The van der Waals surface area contributed by atoms with Gasteiger partial charge in [0.2, 0.25) is 0 Å². The van der Waals surface area contributed by atoms with Gasteiger partial charge in [0.1, 0.15) is 24.6 Å². The van der Waals surface area contributed by atoms with Gasteiger partial charge in [0.05, 0.1) is 24.8 Å². The lowest BCUT2D eigenvalue weighted by Crippen LogP contribution is -2.51. The number of alkyl halides is 1. The third-order valence-corrected chi connectivity index (χ3v) is 7.61. The number of aromatic nitrogens is 2. The van der Waals surface area contributed by atoms with E-state index >= 15 is 0 Å². The molecule has 0 amide bonds. The molecule has 0 spiro atoms. The van der Waals surface area contributed by atoms with E-state index in [0.717, 1.165) is 12.3 Å². The molecule has 14 heteroatoms. The van der Waals surface area contributed by atoms with Crippen molar-refractivity contribution in [2.75, 3.05) is 19.4 Å². The molecule has 0 aliphatic carbocycles. The second kappa shape index (κ2) is 11.7. The summed E-state index contributed by atoms with van der Waals surface area (Å²) in [5.74, 6) is -1.35. The molecule has 6 atom stereocenters. The Balaban J connectivity index is 1.83. The molecular formula is C23H30FN2O10P. The molecule has 0 unspecified atom stereocenters. The first-order valence-corrected chi connectivity index (χ1v) is 13.2. The quantitative estimate of drug-likeness (QED) is 0.278. The number of para-hydroxylation sites is 1. The van der Waals surface area contributed by atoms with Gasteiger partial charge in [-0.1, -0.05) is 25.1 Å². The molecule has 3 rings (SSSR count). The number of aromatic amines is 1. The van der Waals surface area contributed by atoms with Crippen molar-refractivity contribution in [2.45, 2.75) is 50.9 Å². The zero-order chi connectivity index (χ0) is 27.4. The van der Waals surface area contributed by atoms with Crippen LogP contribution in [0.25, 0.3) is 0 Å². The smallest absolute Gasteiger partial charge is 0.380 e. The lowest BCUT2D eigenvalue weighted by molar-refractivity contribution is -0.151. The van der Waals surface area contributed by atoms with Gasteiger partial charge in [-0.15, -0.1) is 0 Å². The zero-order valence-corrected chi connectivity index (χ0v) is 21.4. The van der Waals surface area contributed by atoms with Crippen LogP contribution in [0, 0.1) is 5.92 Å². The fourth-order valence-electron chi connectivity index (χ4n) is 3.72. The normalized spacial score (nSPS) is 26.0. The number of hydrogen-bond acceptors (Lipinski definition) is 10. The van der Waals surface area contributed by atoms with Gasteiger partial charge in [0.15, 0.2) is 11.8 Å². The SMILES string of the molecule is CC(C)OC(=O)[C@H](C)C[P@](=O)(OC[C@H]1O[C@@H](n2ccc(=O)[nH]c2=O)[C@@](O)(CF)[C@@H]1O)Oc1ccccc1. The van der Waals surface area contributed by atoms with Crippen molar-refractivity contribution in [3.8, 4) is 5.75 Å². The molecule has 1 aromatic heterocycles. The molecular weight excluding hydrogens is 514 g/mol. The van der Waals surface area contributed by atoms with E-state index in [1.54, 1.807) is 32.0 Å². The second-order valence-corrected chi connectivity index (χ2v) is 11.0. The van der Waals surface area contributed by atoms with Crippen LogP contribution in [0.15, 0.2) is 52.2 Å². The van der Waals surface area contributed by atoms with E-state index < -0.39 is 80.3 Å². The molecule has 12 nitrogen and oxygen atoms in total. The monoisotopic (exact) mass is 544 g/mol. The summed E-state index contributed by atoms with van der Waals surface area (Å²) in [6.45, 7) is 2.63. The predicted molar refractivity (Wildman–Crippen MR) is 128 cm³/mol. The number of carbonyl (C=O) groups excluding carboxylic acids is 1. The minimum absolute atomic E-state index is 0.182. The summed E-state index contributed by atoms with van der Waals surface area (Å²) >= 11 is 0. The lowest BCUT2D eigenvalue weighted by Gasteiger charge is -2.28. The molecule has 1 aliphatic heterocycles. The van der Waals surface area contributed by atoms with E-state index in [9.17, 15) is 33.6 Å². The van der Waals surface area contributed by atoms with E-state index in [0.29, 0.717) is 4.57 Å². The van der Waals surface area contributed by atoms with E-state index in [4.69, 9.17) is 18.5 Å². The fourth-order valence-corrected chi connectivity index (χ4v) is 5.59. The number of aliphatic hydroxyl groups is 2. The van der Waals surface area contributed by atoms with Crippen molar-refractivity contribution in [2.24, 2.45) is 5.92 Å². The van der Waals surface area contributed by atoms with Crippen LogP contribution in [0.1, 0.15) is 27.0 Å². The lowest BCUT2D eigenvalue weighted by atomic mass is 9.95. The molecule has 0 bridgehead atoms. The number of nitrogens with zero attached hydrogens (tertiary/aromatic N) is 1. The van der Waals surface area contributed by atoms with Crippen LogP contribution in [-0.4, -0.2) is 69.1 Å². The second-order valence-electron chi connectivity index (χ2n) is 8.99. The van der Waals surface area contributed by atoms with Crippen LogP contribution >= 0.6 is 7.60 Å². The maximum Gasteiger partial charge on any atom is 0.380 e. The maximum atomic E-state index is 13.9. The van der Waals surface area contributed by atoms with E-state index in [1.807, 2.05) is 4.98 Å². The molecule has 2 aromatic rings. The number of benzene rings is 1. The first-order valence-electron chi connectivity index (χ1n) is 11.5. The van der Waals surface area contributed by atoms with Gasteiger partial charge in [-0.3, -0.25) is 23.7 Å². The van der Waals surface area contributed by atoms with Gasteiger partial charge in [0.25, 0.3) is 5.56 Å². The number of rotatable bonds is 11. The Hall–Kier alpha value is -2.83. The summed E-state index contributed by atoms with van der Waals surface area (Å²) in [7, 11) is -4.12. The van der Waals surface area contributed by atoms with Gasteiger partial charge in [-0.25, -0.2) is 13.8 Å². The molecule has 204 valence electrons. The van der Waals surface area contributed by atoms with E-state index in [2.05, 4.69) is 0 Å². The average molecular weight is 544 g/mol. The summed E-state index contributed by atoms with van der Waals surface area (Å²) in [5.41, 5.74) is -4.32. The van der Waals surface area contributed by atoms with E-state index in [1.165, 1.54) is 19.1 Å². The Labute approximate surface area is 211 Å². The standard InChI is InChI=1S/C23H30FN2O10P/c1-14(2)34-20(29)15(3)12-37(32,36-16-7-5-4-6-8-16)33-11-17-19(28)23(31,13-24)21(35-17)26-10-9-18(27)25-22(26)30/h4-10,14-15,17,19,21,28,31H,11-13H2,1-3H3,(H,25,27,30)/t15-,17-,19-,21-,23-,37+/m1/s1. The Bertz CT molecular complexity index is 1240. The Morgan fingerprint density at radius 1 is 1.24 bits per heavy atom. The topological polar surface area (TPSA) is 166 Å². The zero-order valence-electron chi connectivity index (χ0n) is 20.5. The van der Waals surface area contributed by atoms with Crippen molar-refractivity contribution in [1.29, 1.82) is 0 Å². The van der Waals surface area contributed by atoms with Crippen molar-refractivity contribution < 1.29 is 42.5 Å². The molecule has 0 saturated carbocycles. The average Bonchev–Trinajstić information content (AvgIpc) is 3.08. The summed E-state index contributed by atoms with van der Waals surface area (Å²) in [4.78, 5) is 37.9. The highest BCUT2D eigenvalue weighted by molar-refractivity contribution is 7.54. The first kappa shape index (κ1) is 28.7. The van der Waals surface area contributed by atoms with Crippen LogP contribution in [0.4, 0.5) is 4.39 Å². The summed E-state index contributed by atoms with van der Waals surface area (Å²) in [5, 5.41) is 21.4. The molecule has 37 heavy (non-hydrogen) atoms. The van der Waals surface area contributed by atoms with Gasteiger partial charge in [-0.2, -0.15) is 0 Å². The summed E-state index contributed by atoms with van der Waals surface area (Å²) in [6, 6.07) is 8.98. The van der Waals surface area contributed by atoms with Crippen molar-refractivity contribution in [1.82, 2.24) is 9.55 Å². The number of ether oxygens (including phenoxy) is 2. The van der Waals surface area contributed by atoms with Crippen molar-refractivity contribution in [3.05, 3.63) is 63.4 Å². The minimum atomic E-state index is -4.12. The molecule has 1 saturated heterocycles. The Morgan fingerprint density at radius 3 is 2.51 bits per heavy atom. The summed E-state index contributed by atoms with van der Waals surface area (Å²) < 4.78 is 50.2. The number of esters is 1. The molecule has 1 aliphatic rings. The summed E-state index contributed by atoms with van der Waals surface area (Å²) in [6.07, 6.45) is -4.94. The van der Waals surface area contributed by atoms with Crippen LogP contribution in [-0.2, 0) is 23.4 Å². The van der Waals surface area contributed by atoms with Crippen LogP contribution in [0.2, 0.25) is 0 Å². The number of H-pyrrole nitrogens is 1. The Kier molecular flexibility index (Phi) is 9.09. The van der Waals surface area contributed by atoms with E-state index in [-0.39, 0.29) is 5.75 Å². The number of nitrogens with one attached hydrogen (secondary N) is 1. The molecule has 2 heterocycles. The minimum Gasteiger partial charge on any atom is -0.463 e. The Morgan fingerprint density at radius 2 is 1.92 bits per heavy atom. The molecule has 1 fully saturated rings. The van der Waals surface area contributed by atoms with Crippen molar-refractivity contribution in [3.63, 3.8) is 0 Å². The number of carbonyl (C=O) groups is 1. The highest BCUT2D eigenvalue weighted by atomic mass is 31.2. The van der Waals surface area contributed by atoms with Gasteiger partial charge in [-0.05, 0) is 26.0 Å². The maximum absolute atomic E-state index is 13.9. The predicted octanol–water partition coefficient (Wildman–Crippen LogP) is 1.37.